The molecule has 2 saturated heterocycles. The number of carbonyl (C=O) groups is 1. The molecular formula is C17H28N4O3. The second kappa shape index (κ2) is 7.19. The zero-order chi connectivity index (χ0) is 17.2. The first-order chi connectivity index (χ1) is 11.5. The number of piperidine rings is 1. The lowest BCUT2D eigenvalue weighted by atomic mass is 9.76. The average Bonchev–Trinajstić information content (AvgIpc) is 3.15. The van der Waals surface area contributed by atoms with Crippen molar-refractivity contribution in [2.45, 2.75) is 58.5 Å². The molecule has 0 bridgehead atoms. The van der Waals surface area contributed by atoms with Crippen LogP contribution in [0, 0.1) is 5.41 Å². The van der Waals surface area contributed by atoms with E-state index < -0.39 is 5.97 Å². The summed E-state index contributed by atoms with van der Waals surface area (Å²) in [5.41, 5.74) is 0.165. The molecule has 1 atom stereocenters. The van der Waals surface area contributed by atoms with Gasteiger partial charge in [0.25, 0.3) is 0 Å². The maximum Gasteiger partial charge on any atom is 0.320 e. The van der Waals surface area contributed by atoms with Crippen LogP contribution in [-0.4, -0.2) is 63.2 Å². The van der Waals surface area contributed by atoms with Crippen molar-refractivity contribution < 1.29 is 14.4 Å². The predicted octanol–water partition coefficient (Wildman–Crippen LogP) is 1.78. The van der Waals surface area contributed by atoms with Crippen LogP contribution in [0.15, 0.2) is 4.52 Å². The topological polar surface area (TPSA) is 82.7 Å². The molecule has 1 aromatic rings. The quantitative estimate of drug-likeness (QED) is 0.848. The Bertz CT molecular complexity index is 566. The molecule has 2 fully saturated rings. The highest BCUT2D eigenvalue weighted by Gasteiger charge is 2.47. The van der Waals surface area contributed by atoms with Crippen molar-refractivity contribution in [3.63, 3.8) is 0 Å². The molecular weight excluding hydrogens is 308 g/mol. The SMILES string of the molecule is CCCN1CC2(CCN(Cc3nc(CC)no3)CC2)C[C@H]1C(=O)O. The van der Waals surface area contributed by atoms with E-state index in [1.165, 1.54) is 0 Å². The summed E-state index contributed by atoms with van der Waals surface area (Å²) in [6.07, 6.45) is 4.67. The summed E-state index contributed by atoms with van der Waals surface area (Å²) in [5, 5.41) is 13.5. The van der Waals surface area contributed by atoms with E-state index in [0.29, 0.717) is 12.4 Å². The van der Waals surface area contributed by atoms with Gasteiger partial charge in [0, 0.05) is 13.0 Å². The number of hydrogen-bond donors (Lipinski definition) is 1. The molecule has 2 aliphatic rings. The molecule has 1 spiro atoms. The van der Waals surface area contributed by atoms with Gasteiger partial charge in [0.2, 0.25) is 5.89 Å². The smallest absolute Gasteiger partial charge is 0.320 e. The molecule has 1 N–H and O–H groups in total. The third kappa shape index (κ3) is 3.62. The van der Waals surface area contributed by atoms with E-state index in [2.05, 4.69) is 26.9 Å². The molecule has 2 aliphatic heterocycles. The maximum atomic E-state index is 11.6. The molecule has 0 unspecified atom stereocenters. The van der Waals surface area contributed by atoms with E-state index in [4.69, 9.17) is 4.52 Å². The van der Waals surface area contributed by atoms with Crippen molar-refractivity contribution in [2.24, 2.45) is 5.41 Å². The fourth-order valence-corrected chi connectivity index (χ4v) is 4.15. The van der Waals surface area contributed by atoms with Gasteiger partial charge in [-0.15, -0.1) is 0 Å². The van der Waals surface area contributed by atoms with Crippen molar-refractivity contribution in [2.75, 3.05) is 26.2 Å². The molecule has 7 nitrogen and oxygen atoms in total. The fraction of sp³-hybridized carbons (Fsp3) is 0.824. The van der Waals surface area contributed by atoms with Crippen LogP contribution in [0.1, 0.15) is 51.2 Å². The number of likely N-dealkylation sites (tertiary alicyclic amines) is 2. The normalized spacial score (nSPS) is 24.7. The Labute approximate surface area is 143 Å². The van der Waals surface area contributed by atoms with Gasteiger partial charge in [-0.25, -0.2) is 0 Å². The number of hydrogen-bond acceptors (Lipinski definition) is 6. The van der Waals surface area contributed by atoms with Gasteiger partial charge in [-0.3, -0.25) is 14.6 Å². The van der Waals surface area contributed by atoms with Crippen LogP contribution < -0.4 is 0 Å². The van der Waals surface area contributed by atoms with Gasteiger partial charge in [0.05, 0.1) is 6.54 Å². The average molecular weight is 336 g/mol. The zero-order valence-corrected chi connectivity index (χ0v) is 14.7. The summed E-state index contributed by atoms with van der Waals surface area (Å²) in [6.45, 7) is 8.56. The molecule has 0 aromatic carbocycles. The minimum Gasteiger partial charge on any atom is -0.480 e. The molecule has 1 aromatic heterocycles. The largest absolute Gasteiger partial charge is 0.480 e. The van der Waals surface area contributed by atoms with Gasteiger partial charge >= 0.3 is 5.97 Å². The monoisotopic (exact) mass is 336 g/mol. The fourth-order valence-electron chi connectivity index (χ4n) is 4.15. The first kappa shape index (κ1) is 17.4. The van der Waals surface area contributed by atoms with Gasteiger partial charge in [0.1, 0.15) is 6.04 Å². The van der Waals surface area contributed by atoms with E-state index >= 15 is 0 Å². The summed E-state index contributed by atoms with van der Waals surface area (Å²) in [7, 11) is 0. The number of aryl methyl sites for hydroxylation is 1. The highest BCUT2D eigenvalue weighted by molar-refractivity contribution is 5.74. The van der Waals surface area contributed by atoms with Gasteiger partial charge in [-0.1, -0.05) is 19.0 Å². The van der Waals surface area contributed by atoms with Crippen LogP contribution in [-0.2, 0) is 17.8 Å². The lowest BCUT2D eigenvalue weighted by Gasteiger charge is -2.38. The van der Waals surface area contributed by atoms with Crippen molar-refractivity contribution in [3.05, 3.63) is 11.7 Å². The molecule has 0 amide bonds. The summed E-state index contributed by atoms with van der Waals surface area (Å²) < 4.78 is 5.28. The van der Waals surface area contributed by atoms with Crippen LogP contribution in [0.4, 0.5) is 0 Å². The van der Waals surface area contributed by atoms with Crippen LogP contribution in [0.2, 0.25) is 0 Å². The molecule has 0 saturated carbocycles. The Hall–Kier alpha value is -1.47. The van der Waals surface area contributed by atoms with Gasteiger partial charge in [0.15, 0.2) is 5.82 Å². The van der Waals surface area contributed by atoms with Crippen molar-refractivity contribution >= 4 is 5.97 Å². The van der Waals surface area contributed by atoms with E-state index in [9.17, 15) is 9.90 Å². The maximum absolute atomic E-state index is 11.6. The van der Waals surface area contributed by atoms with E-state index in [-0.39, 0.29) is 11.5 Å². The Morgan fingerprint density at radius 1 is 1.38 bits per heavy atom. The van der Waals surface area contributed by atoms with Crippen molar-refractivity contribution in [1.82, 2.24) is 19.9 Å². The number of rotatable bonds is 6. The summed E-state index contributed by atoms with van der Waals surface area (Å²) >= 11 is 0. The Balaban J connectivity index is 1.57. The van der Waals surface area contributed by atoms with Crippen LogP contribution in [0.25, 0.3) is 0 Å². The summed E-state index contributed by atoms with van der Waals surface area (Å²) in [5.74, 6) is 0.778. The highest BCUT2D eigenvalue weighted by Crippen LogP contribution is 2.43. The van der Waals surface area contributed by atoms with Crippen LogP contribution in [0.5, 0.6) is 0 Å². The van der Waals surface area contributed by atoms with Crippen LogP contribution in [0.3, 0.4) is 0 Å². The predicted molar refractivity (Wildman–Crippen MR) is 88.5 cm³/mol. The summed E-state index contributed by atoms with van der Waals surface area (Å²) in [6, 6.07) is -0.306. The minimum absolute atomic E-state index is 0.165. The lowest BCUT2D eigenvalue weighted by Crippen LogP contribution is -2.41. The first-order valence-electron chi connectivity index (χ1n) is 9.06. The Kier molecular flexibility index (Phi) is 5.20. The molecule has 3 rings (SSSR count). The highest BCUT2D eigenvalue weighted by atomic mass is 16.5. The Morgan fingerprint density at radius 3 is 2.71 bits per heavy atom. The number of aromatic nitrogens is 2. The number of nitrogens with zero attached hydrogens (tertiary/aromatic N) is 4. The molecule has 7 heteroatoms. The van der Waals surface area contributed by atoms with E-state index in [1.54, 1.807) is 0 Å². The molecule has 0 radical (unpaired) electrons. The molecule has 134 valence electrons. The van der Waals surface area contributed by atoms with Crippen LogP contribution >= 0.6 is 0 Å². The summed E-state index contributed by atoms with van der Waals surface area (Å²) in [4.78, 5) is 20.5. The Morgan fingerprint density at radius 2 is 2.12 bits per heavy atom. The van der Waals surface area contributed by atoms with Gasteiger partial charge in [-0.05, 0) is 50.7 Å². The van der Waals surface area contributed by atoms with Gasteiger partial charge in [-0.2, -0.15) is 4.98 Å². The number of aliphatic carboxylic acids is 1. The third-order valence-corrected chi connectivity index (χ3v) is 5.50. The second-order valence-corrected chi connectivity index (χ2v) is 7.26. The lowest BCUT2D eigenvalue weighted by molar-refractivity contribution is -0.142. The van der Waals surface area contributed by atoms with Crippen molar-refractivity contribution in [1.29, 1.82) is 0 Å². The van der Waals surface area contributed by atoms with E-state index in [1.807, 2.05) is 6.92 Å². The zero-order valence-electron chi connectivity index (χ0n) is 14.7. The third-order valence-electron chi connectivity index (χ3n) is 5.50. The van der Waals surface area contributed by atoms with Crippen molar-refractivity contribution in [3.8, 4) is 0 Å². The second-order valence-electron chi connectivity index (χ2n) is 7.26. The number of carboxylic acids is 1. The van der Waals surface area contributed by atoms with E-state index in [0.717, 1.165) is 64.1 Å². The minimum atomic E-state index is -0.666. The van der Waals surface area contributed by atoms with Gasteiger partial charge < -0.3 is 9.63 Å². The number of carboxylic acid groups (broad SMARTS) is 1. The molecule has 24 heavy (non-hydrogen) atoms. The first-order valence-corrected chi connectivity index (χ1v) is 9.06. The molecule has 3 heterocycles. The standard InChI is InChI=1S/C17H28N4O3/c1-3-7-21-12-17(10-13(21)16(22)23)5-8-20(9-6-17)11-15-18-14(4-2)19-24-15/h13H,3-12H2,1-2H3,(H,22,23)/t13-/m0/s1. The molecule has 0 aliphatic carbocycles.